The third-order valence-electron chi connectivity index (χ3n) is 1.33. The number of aromatic hydroxyl groups is 1. The molecule has 4 nitrogen and oxygen atoms in total. The Morgan fingerprint density at radius 1 is 1.55 bits per heavy atom. The van der Waals surface area contributed by atoms with Crippen molar-refractivity contribution in [2.24, 2.45) is 0 Å². The van der Waals surface area contributed by atoms with Gasteiger partial charge in [-0.2, -0.15) is 0 Å². The zero-order valence-corrected chi connectivity index (χ0v) is 5.94. The molecule has 0 aliphatic heterocycles. The number of nitrogens with zero attached hydrogens (tertiary/aromatic N) is 1. The van der Waals surface area contributed by atoms with E-state index in [2.05, 4.69) is 0 Å². The van der Waals surface area contributed by atoms with Crippen molar-refractivity contribution in [3.63, 3.8) is 0 Å². The predicted molar refractivity (Wildman–Crippen MR) is 39.5 cm³/mol. The second kappa shape index (κ2) is 2.57. The summed E-state index contributed by atoms with van der Waals surface area (Å²) in [6, 6.07) is 4.22. The van der Waals surface area contributed by atoms with Gasteiger partial charge in [0.25, 0.3) is 0 Å². The number of nitro groups is 1. The summed E-state index contributed by atoms with van der Waals surface area (Å²) < 4.78 is 0. The van der Waals surface area contributed by atoms with Crippen molar-refractivity contribution in [3.8, 4) is 5.75 Å². The van der Waals surface area contributed by atoms with Crippen molar-refractivity contribution >= 4 is 5.69 Å². The Labute approximate surface area is 63.2 Å². The van der Waals surface area contributed by atoms with Gasteiger partial charge in [0.15, 0.2) is 5.75 Å². The number of rotatable bonds is 1. The molecule has 0 aromatic heterocycles. The largest absolute Gasteiger partial charge is 0.502 e. The zero-order valence-electron chi connectivity index (χ0n) is 5.94. The number of hydrogen-bond donors (Lipinski definition) is 1. The molecule has 0 aliphatic rings. The maximum atomic E-state index is 10.2. The van der Waals surface area contributed by atoms with E-state index in [-0.39, 0.29) is 11.4 Å². The van der Waals surface area contributed by atoms with Gasteiger partial charge in [-0.1, -0.05) is 6.07 Å². The molecular weight excluding hydrogens is 146 g/mol. The molecule has 0 bridgehead atoms. The van der Waals surface area contributed by atoms with Crippen LogP contribution in [0.3, 0.4) is 0 Å². The maximum absolute atomic E-state index is 10.2. The third-order valence-corrected chi connectivity index (χ3v) is 1.33. The van der Waals surface area contributed by atoms with Crippen LogP contribution < -0.4 is 0 Å². The maximum Gasteiger partial charge on any atom is 0.310 e. The topological polar surface area (TPSA) is 63.4 Å². The molecule has 0 aliphatic carbocycles. The average molecular weight is 153 g/mol. The summed E-state index contributed by atoms with van der Waals surface area (Å²) in [6.07, 6.45) is 0. The molecular formula is C7H7NO3. The van der Waals surface area contributed by atoms with Crippen molar-refractivity contribution in [2.45, 2.75) is 6.92 Å². The Kier molecular flexibility index (Phi) is 1.76. The van der Waals surface area contributed by atoms with E-state index in [0.29, 0.717) is 0 Å². The molecule has 0 unspecified atom stereocenters. The summed E-state index contributed by atoms with van der Waals surface area (Å²) in [5.74, 6) is -0.282. The SMILES string of the molecule is Cc1ccc([N+](=O)[O-])c(O)c1. The van der Waals surface area contributed by atoms with Gasteiger partial charge < -0.3 is 5.11 Å². The van der Waals surface area contributed by atoms with Crippen molar-refractivity contribution in [1.29, 1.82) is 0 Å². The quantitative estimate of drug-likeness (QED) is 0.492. The van der Waals surface area contributed by atoms with Crippen LogP contribution in [0.2, 0.25) is 0 Å². The first-order valence-electron chi connectivity index (χ1n) is 3.05. The molecule has 0 spiro atoms. The molecule has 0 atom stereocenters. The van der Waals surface area contributed by atoms with Crippen LogP contribution in [0.4, 0.5) is 5.69 Å². The minimum absolute atomic E-state index is 0.254. The minimum atomic E-state index is -0.616. The standard InChI is InChI=1S/C7H7NO3/c1-5-2-3-6(8(10)11)7(9)4-5/h2-4,9H,1H3. The van der Waals surface area contributed by atoms with Crippen molar-refractivity contribution in [2.75, 3.05) is 0 Å². The van der Waals surface area contributed by atoms with Crippen LogP contribution in [0, 0.1) is 17.0 Å². The highest BCUT2D eigenvalue weighted by Gasteiger charge is 2.10. The van der Waals surface area contributed by atoms with Crippen LogP contribution in [0.1, 0.15) is 5.56 Å². The zero-order chi connectivity index (χ0) is 8.43. The van der Waals surface area contributed by atoms with Gasteiger partial charge in [0, 0.05) is 6.07 Å². The fourth-order valence-corrected chi connectivity index (χ4v) is 0.788. The average Bonchev–Trinajstić information content (AvgIpc) is 1.85. The van der Waals surface area contributed by atoms with E-state index in [1.807, 2.05) is 0 Å². The first-order valence-corrected chi connectivity index (χ1v) is 3.05. The van der Waals surface area contributed by atoms with E-state index < -0.39 is 4.92 Å². The summed E-state index contributed by atoms with van der Waals surface area (Å²) in [6.45, 7) is 1.75. The highest BCUT2D eigenvalue weighted by molar-refractivity contribution is 5.46. The van der Waals surface area contributed by atoms with Gasteiger partial charge >= 0.3 is 5.69 Å². The smallest absolute Gasteiger partial charge is 0.310 e. The Morgan fingerprint density at radius 2 is 2.18 bits per heavy atom. The molecule has 11 heavy (non-hydrogen) atoms. The van der Waals surface area contributed by atoms with Gasteiger partial charge in [-0.3, -0.25) is 10.1 Å². The monoisotopic (exact) mass is 153 g/mol. The second-order valence-corrected chi connectivity index (χ2v) is 2.25. The molecule has 0 saturated carbocycles. The van der Waals surface area contributed by atoms with Crippen molar-refractivity contribution in [1.82, 2.24) is 0 Å². The van der Waals surface area contributed by atoms with Gasteiger partial charge in [-0.25, -0.2) is 0 Å². The van der Waals surface area contributed by atoms with Gasteiger partial charge in [0.2, 0.25) is 0 Å². The van der Waals surface area contributed by atoms with Gasteiger partial charge in [0.05, 0.1) is 4.92 Å². The summed E-state index contributed by atoms with van der Waals surface area (Å²) in [7, 11) is 0. The Balaban J connectivity index is 3.20. The molecule has 0 amide bonds. The summed E-state index contributed by atoms with van der Waals surface area (Å²) in [4.78, 5) is 9.56. The molecule has 1 N–H and O–H groups in total. The first-order chi connectivity index (χ1) is 5.11. The lowest BCUT2D eigenvalue weighted by molar-refractivity contribution is -0.385. The summed E-state index contributed by atoms with van der Waals surface area (Å²) in [5, 5.41) is 19.2. The highest BCUT2D eigenvalue weighted by atomic mass is 16.6. The van der Waals surface area contributed by atoms with E-state index in [0.717, 1.165) is 5.56 Å². The number of aryl methyl sites for hydroxylation is 1. The van der Waals surface area contributed by atoms with Gasteiger partial charge in [0.1, 0.15) is 0 Å². The number of hydrogen-bond acceptors (Lipinski definition) is 3. The van der Waals surface area contributed by atoms with Crippen molar-refractivity contribution < 1.29 is 10.0 Å². The number of nitro benzene ring substituents is 1. The van der Waals surface area contributed by atoms with E-state index in [9.17, 15) is 10.1 Å². The molecule has 4 heteroatoms. The fraction of sp³-hybridized carbons (Fsp3) is 0.143. The highest BCUT2D eigenvalue weighted by Crippen LogP contribution is 2.25. The molecule has 58 valence electrons. The Bertz CT molecular complexity index is 296. The van der Waals surface area contributed by atoms with Crippen molar-refractivity contribution in [3.05, 3.63) is 33.9 Å². The fourth-order valence-electron chi connectivity index (χ4n) is 0.788. The molecule has 0 heterocycles. The van der Waals surface area contributed by atoms with Crippen LogP contribution >= 0.6 is 0 Å². The Morgan fingerprint density at radius 3 is 2.64 bits per heavy atom. The lowest BCUT2D eigenvalue weighted by Crippen LogP contribution is -1.88. The molecule has 0 saturated heterocycles. The normalized spacial score (nSPS) is 9.55. The van der Waals surface area contributed by atoms with E-state index >= 15 is 0 Å². The first kappa shape index (κ1) is 7.53. The summed E-state index contributed by atoms with van der Waals surface area (Å²) >= 11 is 0. The summed E-state index contributed by atoms with van der Waals surface area (Å²) in [5.41, 5.74) is 0.545. The van der Waals surface area contributed by atoms with Crippen LogP contribution in [0.15, 0.2) is 18.2 Å². The molecule has 1 aromatic carbocycles. The molecule has 0 fully saturated rings. The lowest BCUT2D eigenvalue weighted by Gasteiger charge is -1.95. The molecule has 1 aromatic rings. The Hall–Kier alpha value is -1.58. The molecule has 0 radical (unpaired) electrons. The van der Waals surface area contributed by atoms with Crippen LogP contribution in [-0.4, -0.2) is 10.0 Å². The number of phenolic OH excluding ortho intramolecular Hbond substituents is 1. The number of phenols is 1. The minimum Gasteiger partial charge on any atom is -0.502 e. The van der Waals surface area contributed by atoms with Crippen LogP contribution in [0.25, 0.3) is 0 Å². The molecule has 1 rings (SSSR count). The van der Waals surface area contributed by atoms with Gasteiger partial charge in [-0.15, -0.1) is 0 Å². The van der Waals surface area contributed by atoms with Crippen LogP contribution in [0.5, 0.6) is 5.75 Å². The lowest BCUT2D eigenvalue weighted by atomic mass is 10.2. The predicted octanol–water partition coefficient (Wildman–Crippen LogP) is 1.61. The van der Waals surface area contributed by atoms with Gasteiger partial charge in [-0.05, 0) is 18.6 Å². The van der Waals surface area contributed by atoms with E-state index in [4.69, 9.17) is 5.11 Å². The third kappa shape index (κ3) is 1.46. The second-order valence-electron chi connectivity index (χ2n) is 2.25. The van der Waals surface area contributed by atoms with E-state index in [1.165, 1.54) is 12.1 Å². The van der Waals surface area contributed by atoms with E-state index in [1.54, 1.807) is 13.0 Å². The number of benzene rings is 1. The van der Waals surface area contributed by atoms with Crippen LogP contribution in [-0.2, 0) is 0 Å².